The van der Waals surface area contributed by atoms with Crippen LogP contribution in [-0.4, -0.2) is 24.4 Å². The number of amides is 1. The number of carbonyl (C=O) groups excluding carboxylic acids is 1. The average molecular weight is 225 g/mol. The molecule has 0 bridgehead atoms. The maximum Gasteiger partial charge on any atom is 0.263 e. The molecule has 2 nitrogen and oxygen atoms in total. The van der Waals surface area contributed by atoms with Gasteiger partial charge in [-0.2, -0.15) is 0 Å². The number of aryl methyl sites for hydroxylation is 2. The molecule has 1 rings (SSSR count). The lowest BCUT2D eigenvalue weighted by molar-refractivity contribution is 0.0800. The van der Waals surface area contributed by atoms with Crippen LogP contribution >= 0.6 is 11.3 Å². The van der Waals surface area contributed by atoms with E-state index in [0.29, 0.717) is 0 Å². The van der Waals surface area contributed by atoms with Crippen LogP contribution in [0, 0.1) is 6.92 Å². The number of thiophene rings is 1. The lowest BCUT2D eigenvalue weighted by Crippen LogP contribution is -2.26. The first-order chi connectivity index (χ1) is 7.10. The summed E-state index contributed by atoms with van der Waals surface area (Å²) in [5, 5.41) is 0. The van der Waals surface area contributed by atoms with Crippen molar-refractivity contribution in [2.45, 2.75) is 33.6 Å². The second-order valence-corrected chi connectivity index (χ2v) is 5.03. The SMILES string of the molecule is CCCN(C)C(=O)c1cc(CC)c(C)s1. The Labute approximate surface area is 95.9 Å². The maximum absolute atomic E-state index is 12.0. The van der Waals surface area contributed by atoms with Gasteiger partial charge in [-0.05, 0) is 31.4 Å². The highest BCUT2D eigenvalue weighted by Crippen LogP contribution is 2.23. The summed E-state index contributed by atoms with van der Waals surface area (Å²) in [5.74, 6) is 0.157. The minimum atomic E-state index is 0.157. The van der Waals surface area contributed by atoms with Gasteiger partial charge < -0.3 is 4.90 Å². The molecule has 0 atom stereocenters. The molecule has 15 heavy (non-hydrogen) atoms. The summed E-state index contributed by atoms with van der Waals surface area (Å²) in [6.45, 7) is 7.12. The fourth-order valence-corrected chi connectivity index (χ4v) is 2.71. The number of hydrogen-bond acceptors (Lipinski definition) is 2. The topological polar surface area (TPSA) is 20.3 Å². The lowest BCUT2D eigenvalue weighted by Gasteiger charge is -2.14. The van der Waals surface area contributed by atoms with Crippen molar-refractivity contribution in [1.29, 1.82) is 0 Å². The molecular weight excluding hydrogens is 206 g/mol. The van der Waals surface area contributed by atoms with Gasteiger partial charge in [0.05, 0.1) is 4.88 Å². The van der Waals surface area contributed by atoms with Gasteiger partial charge in [0.2, 0.25) is 0 Å². The van der Waals surface area contributed by atoms with Gasteiger partial charge in [0.1, 0.15) is 0 Å². The average Bonchev–Trinajstić information content (AvgIpc) is 2.59. The van der Waals surface area contributed by atoms with Crippen LogP contribution in [-0.2, 0) is 6.42 Å². The van der Waals surface area contributed by atoms with Crippen LogP contribution in [0.1, 0.15) is 40.4 Å². The van der Waals surface area contributed by atoms with Crippen LogP contribution in [0.25, 0.3) is 0 Å². The van der Waals surface area contributed by atoms with Gasteiger partial charge in [-0.25, -0.2) is 0 Å². The fraction of sp³-hybridized carbons (Fsp3) is 0.583. The molecule has 0 fully saturated rings. The highest BCUT2D eigenvalue weighted by atomic mass is 32.1. The van der Waals surface area contributed by atoms with Crippen molar-refractivity contribution < 1.29 is 4.79 Å². The normalized spacial score (nSPS) is 10.4. The number of carbonyl (C=O) groups is 1. The first-order valence-corrected chi connectivity index (χ1v) is 6.26. The molecule has 0 saturated carbocycles. The van der Waals surface area contributed by atoms with Gasteiger partial charge in [0.25, 0.3) is 5.91 Å². The van der Waals surface area contributed by atoms with Crippen LogP contribution in [0.15, 0.2) is 6.07 Å². The predicted molar refractivity (Wildman–Crippen MR) is 65.7 cm³/mol. The van der Waals surface area contributed by atoms with Crippen LogP contribution in [0.4, 0.5) is 0 Å². The first kappa shape index (κ1) is 12.2. The minimum absolute atomic E-state index is 0.157. The second-order valence-electron chi connectivity index (χ2n) is 3.77. The third-order valence-electron chi connectivity index (χ3n) is 2.52. The summed E-state index contributed by atoms with van der Waals surface area (Å²) in [7, 11) is 1.87. The van der Waals surface area contributed by atoms with E-state index in [1.165, 1.54) is 10.4 Å². The van der Waals surface area contributed by atoms with E-state index in [1.54, 1.807) is 16.2 Å². The highest BCUT2D eigenvalue weighted by molar-refractivity contribution is 7.14. The van der Waals surface area contributed by atoms with Gasteiger partial charge >= 0.3 is 0 Å². The predicted octanol–water partition coefficient (Wildman–Crippen LogP) is 3.10. The Kier molecular flexibility index (Phi) is 4.33. The van der Waals surface area contributed by atoms with E-state index in [-0.39, 0.29) is 5.91 Å². The van der Waals surface area contributed by atoms with Gasteiger partial charge in [-0.1, -0.05) is 13.8 Å². The molecule has 0 spiro atoms. The van der Waals surface area contributed by atoms with Crippen LogP contribution in [0.5, 0.6) is 0 Å². The highest BCUT2D eigenvalue weighted by Gasteiger charge is 2.14. The van der Waals surface area contributed by atoms with Crippen molar-refractivity contribution in [2.24, 2.45) is 0 Å². The molecule has 0 saturated heterocycles. The van der Waals surface area contributed by atoms with E-state index in [2.05, 4.69) is 20.8 Å². The van der Waals surface area contributed by atoms with E-state index in [4.69, 9.17) is 0 Å². The molecule has 0 radical (unpaired) electrons. The molecule has 84 valence electrons. The number of nitrogens with zero attached hydrogens (tertiary/aromatic N) is 1. The van der Waals surface area contributed by atoms with Crippen LogP contribution in [0.2, 0.25) is 0 Å². The van der Waals surface area contributed by atoms with Crippen molar-refractivity contribution in [2.75, 3.05) is 13.6 Å². The molecule has 0 aromatic carbocycles. The van der Waals surface area contributed by atoms with Gasteiger partial charge in [-0.15, -0.1) is 11.3 Å². The molecule has 0 aliphatic rings. The molecule has 0 N–H and O–H groups in total. The van der Waals surface area contributed by atoms with E-state index < -0.39 is 0 Å². The Hall–Kier alpha value is -0.830. The molecule has 0 aliphatic carbocycles. The zero-order valence-electron chi connectivity index (χ0n) is 9.96. The molecule has 1 aromatic rings. The first-order valence-electron chi connectivity index (χ1n) is 5.44. The maximum atomic E-state index is 12.0. The molecular formula is C12H19NOS. The molecule has 1 amide bonds. The lowest BCUT2D eigenvalue weighted by atomic mass is 10.2. The van der Waals surface area contributed by atoms with Crippen molar-refractivity contribution in [3.05, 3.63) is 21.4 Å². The summed E-state index contributed by atoms with van der Waals surface area (Å²) < 4.78 is 0. The van der Waals surface area contributed by atoms with Gasteiger partial charge in [0.15, 0.2) is 0 Å². The summed E-state index contributed by atoms with van der Waals surface area (Å²) in [6.07, 6.45) is 2.01. The van der Waals surface area contributed by atoms with Crippen LogP contribution < -0.4 is 0 Å². The Morgan fingerprint density at radius 1 is 1.47 bits per heavy atom. The second kappa shape index (κ2) is 5.31. The summed E-state index contributed by atoms with van der Waals surface area (Å²) in [6, 6.07) is 2.04. The summed E-state index contributed by atoms with van der Waals surface area (Å²) in [5.41, 5.74) is 1.30. The molecule has 1 aromatic heterocycles. The smallest absolute Gasteiger partial charge is 0.263 e. The van der Waals surface area contributed by atoms with Crippen molar-refractivity contribution in [3.63, 3.8) is 0 Å². The fourth-order valence-electron chi connectivity index (χ4n) is 1.60. The number of hydrogen-bond donors (Lipinski definition) is 0. The largest absolute Gasteiger partial charge is 0.341 e. The summed E-state index contributed by atoms with van der Waals surface area (Å²) >= 11 is 1.61. The third-order valence-corrected chi connectivity index (χ3v) is 3.60. The standard InChI is InChI=1S/C12H19NOS/c1-5-7-13(4)12(14)11-8-10(6-2)9(3)15-11/h8H,5-7H2,1-4H3. The Morgan fingerprint density at radius 2 is 2.13 bits per heavy atom. The van der Waals surface area contributed by atoms with E-state index in [0.717, 1.165) is 24.3 Å². The Balaban J connectivity index is 2.82. The zero-order valence-corrected chi connectivity index (χ0v) is 10.8. The Morgan fingerprint density at radius 3 is 2.60 bits per heavy atom. The monoisotopic (exact) mass is 225 g/mol. The molecule has 3 heteroatoms. The van der Waals surface area contributed by atoms with E-state index in [1.807, 2.05) is 13.1 Å². The van der Waals surface area contributed by atoms with Gasteiger partial charge in [0, 0.05) is 18.5 Å². The summed E-state index contributed by atoms with van der Waals surface area (Å²) in [4.78, 5) is 15.9. The molecule has 1 heterocycles. The quantitative estimate of drug-likeness (QED) is 0.771. The van der Waals surface area contributed by atoms with Crippen LogP contribution in [0.3, 0.4) is 0 Å². The van der Waals surface area contributed by atoms with Crippen molar-refractivity contribution in [1.82, 2.24) is 4.90 Å². The van der Waals surface area contributed by atoms with E-state index in [9.17, 15) is 4.79 Å². The zero-order chi connectivity index (χ0) is 11.4. The van der Waals surface area contributed by atoms with E-state index >= 15 is 0 Å². The van der Waals surface area contributed by atoms with Crippen molar-refractivity contribution >= 4 is 17.2 Å². The van der Waals surface area contributed by atoms with Gasteiger partial charge in [-0.3, -0.25) is 4.79 Å². The van der Waals surface area contributed by atoms with Crippen molar-refractivity contribution in [3.8, 4) is 0 Å². The third kappa shape index (κ3) is 2.81. The minimum Gasteiger partial charge on any atom is -0.341 e. The molecule has 0 aliphatic heterocycles. The number of rotatable bonds is 4. The molecule has 0 unspecified atom stereocenters. The Bertz CT molecular complexity index is 343.